The van der Waals surface area contributed by atoms with Crippen LogP contribution < -0.4 is 5.32 Å². The fourth-order valence-electron chi connectivity index (χ4n) is 3.24. The fourth-order valence-corrected chi connectivity index (χ4v) is 3.24. The third kappa shape index (κ3) is 5.08. The van der Waals surface area contributed by atoms with Gasteiger partial charge >= 0.3 is 0 Å². The van der Waals surface area contributed by atoms with E-state index in [2.05, 4.69) is 24.1 Å². The lowest BCUT2D eigenvalue weighted by atomic mass is 10.0. The minimum absolute atomic E-state index is 0.160. The van der Waals surface area contributed by atoms with E-state index >= 15 is 0 Å². The Labute approximate surface area is 128 Å². The summed E-state index contributed by atoms with van der Waals surface area (Å²) in [5, 5.41) is 3.61. The molecule has 1 fully saturated rings. The molecule has 0 spiro atoms. The molecule has 118 valence electrons. The van der Waals surface area contributed by atoms with E-state index in [-0.39, 0.29) is 5.82 Å². The van der Waals surface area contributed by atoms with Crippen LogP contribution in [0.3, 0.4) is 0 Å². The standard InChI is InChI=1S/C18H29FN2/c1-3-18(16-8-10-17(19)11-9-16)20-12-6-14-21-13-5-4-7-15(21)2/h8-11,15,18,20H,3-7,12-14H2,1-2H3. The molecule has 1 aromatic carbocycles. The van der Waals surface area contributed by atoms with Crippen molar-refractivity contribution in [2.45, 2.75) is 58.0 Å². The van der Waals surface area contributed by atoms with Gasteiger partial charge in [-0.2, -0.15) is 0 Å². The zero-order valence-corrected chi connectivity index (χ0v) is 13.4. The van der Waals surface area contributed by atoms with Crippen LogP contribution in [0.4, 0.5) is 4.39 Å². The Kier molecular flexibility index (Phi) is 6.65. The number of nitrogens with one attached hydrogen (secondary N) is 1. The molecule has 21 heavy (non-hydrogen) atoms. The molecule has 3 heteroatoms. The first-order valence-corrected chi connectivity index (χ1v) is 8.43. The maximum Gasteiger partial charge on any atom is 0.123 e. The second-order valence-electron chi connectivity index (χ2n) is 6.20. The van der Waals surface area contributed by atoms with Crippen molar-refractivity contribution >= 4 is 0 Å². The average molecular weight is 292 g/mol. The minimum Gasteiger partial charge on any atom is -0.310 e. The molecule has 0 aromatic heterocycles. The van der Waals surface area contributed by atoms with Crippen LogP contribution >= 0.6 is 0 Å². The van der Waals surface area contributed by atoms with E-state index < -0.39 is 0 Å². The van der Waals surface area contributed by atoms with Gasteiger partial charge in [0.25, 0.3) is 0 Å². The van der Waals surface area contributed by atoms with Crippen LogP contribution in [0, 0.1) is 5.82 Å². The Morgan fingerprint density at radius 1 is 1.29 bits per heavy atom. The molecule has 1 aliphatic rings. The molecule has 1 heterocycles. The number of rotatable bonds is 7. The molecule has 0 saturated carbocycles. The van der Waals surface area contributed by atoms with Gasteiger partial charge in [-0.25, -0.2) is 4.39 Å². The molecule has 0 bridgehead atoms. The Hall–Kier alpha value is -0.930. The van der Waals surface area contributed by atoms with Crippen molar-refractivity contribution in [3.05, 3.63) is 35.6 Å². The van der Waals surface area contributed by atoms with Crippen LogP contribution in [0.25, 0.3) is 0 Å². The highest BCUT2D eigenvalue weighted by Gasteiger charge is 2.17. The van der Waals surface area contributed by atoms with Gasteiger partial charge in [0.1, 0.15) is 5.82 Å². The van der Waals surface area contributed by atoms with Gasteiger partial charge in [0.15, 0.2) is 0 Å². The third-order valence-corrected chi connectivity index (χ3v) is 4.63. The molecule has 0 radical (unpaired) electrons. The van der Waals surface area contributed by atoms with Crippen molar-refractivity contribution in [1.82, 2.24) is 10.2 Å². The predicted octanol–water partition coefficient (Wildman–Crippen LogP) is 4.13. The second kappa shape index (κ2) is 8.50. The fraction of sp³-hybridized carbons (Fsp3) is 0.667. The average Bonchev–Trinajstić information content (AvgIpc) is 2.50. The van der Waals surface area contributed by atoms with E-state index in [1.165, 1.54) is 44.3 Å². The molecule has 2 unspecified atom stereocenters. The number of hydrogen-bond donors (Lipinski definition) is 1. The monoisotopic (exact) mass is 292 g/mol. The van der Waals surface area contributed by atoms with Crippen molar-refractivity contribution in [1.29, 1.82) is 0 Å². The molecule has 0 amide bonds. The van der Waals surface area contributed by atoms with Crippen molar-refractivity contribution in [3.63, 3.8) is 0 Å². The Bertz CT molecular complexity index is 404. The molecule has 0 aliphatic carbocycles. The van der Waals surface area contributed by atoms with Gasteiger partial charge in [-0.3, -0.25) is 0 Å². The second-order valence-corrected chi connectivity index (χ2v) is 6.20. The van der Waals surface area contributed by atoms with Crippen LogP contribution in [0.5, 0.6) is 0 Å². The lowest BCUT2D eigenvalue weighted by molar-refractivity contribution is 0.158. The Morgan fingerprint density at radius 2 is 2.05 bits per heavy atom. The minimum atomic E-state index is -0.160. The van der Waals surface area contributed by atoms with E-state index in [0.29, 0.717) is 6.04 Å². The molecular formula is C18H29FN2. The molecule has 2 atom stereocenters. The highest BCUT2D eigenvalue weighted by molar-refractivity contribution is 5.19. The maximum atomic E-state index is 13.0. The van der Waals surface area contributed by atoms with Gasteiger partial charge in [0, 0.05) is 12.1 Å². The normalized spacial score (nSPS) is 21.4. The van der Waals surface area contributed by atoms with Crippen LogP contribution in [0.2, 0.25) is 0 Å². The summed E-state index contributed by atoms with van der Waals surface area (Å²) in [5.41, 5.74) is 1.19. The number of hydrogen-bond acceptors (Lipinski definition) is 2. The van der Waals surface area contributed by atoms with E-state index in [0.717, 1.165) is 19.0 Å². The summed E-state index contributed by atoms with van der Waals surface area (Å²) in [6, 6.07) is 7.97. The summed E-state index contributed by atoms with van der Waals surface area (Å²) >= 11 is 0. The SMILES string of the molecule is CCC(NCCCN1CCCCC1C)c1ccc(F)cc1. The first-order valence-electron chi connectivity index (χ1n) is 8.43. The van der Waals surface area contributed by atoms with E-state index in [4.69, 9.17) is 0 Å². The number of piperidine rings is 1. The van der Waals surface area contributed by atoms with Crippen LogP contribution in [-0.4, -0.2) is 30.6 Å². The molecule has 1 aromatic rings. The van der Waals surface area contributed by atoms with Crippen molar-refractivity contribution in [2.75, 3.05) is 19.6 Å². The largest absolute Gasteiger partial charge is 0.310 e. The van der Waals surface area contributed by atoms with Gasteiger partial charge in [0.2, 0.25) is 0 Å². The van der Waals surface area contributed by atoms with Gasteiger partial charge < -0.3 is 10.2 Å². The summed E-state index contributed by atoms with van der Waals surface area (Å²) in [6.07, 6.45) is 6.30. The topological polar surface area (TPSA) is 15.3 Å². The van der Waals surface area contributed by atoms with Gasteiger partial charge in [-0.1, -0.05) is 25.5 Å². The predicted molar refractivity (Wildman–Crippen MR) is 86.9 cm³/mol. The van der Waals surface area contributed by atoms with Crippen LogP contribution in [0.1, 0.15) is 57.6 Å². The van der Waals surface area contributed by atoms with Gasteiger partial charge in [0.05, 0.1) is 0 Å². The van der Waals surface area contributed by atoms with E-state index in [1.54, 1.807) is 12.1 Å². The summed E-state index contributed by atoms with van der Waals surface area (Å²) in [7, 11) is 0. The van der Waals surface area contributed by atoms with Crippen molar-refractivity contribution in [3.8, 4) is 0 Å². The zero-order valence-electron chi connectivity index (χ0n) is 13.4. The molecule has 1 aliphatic heterocycles. The van der Waals surface area contributed by atoms with E-state index in [9.17, 15) is 4.39 Å². The highest BCUT2D eigenvalue weighted by Crippen LogP contribution is 2.18. The van der Waals surface area contributed by atoms with Crippen LogP contribution in [0.15, 0.2) is 24.3 Å². The Balaban J connectivity index is 1.72. The van der Waals surface area contributed by atoms with Crippen molar-refractivity contribution < 1.29 is 4.39 Å². The smallest absolute Gasteiger partial charge is 0.123 e. The van der Waals surface area contributed by atoms with E-state index in [1.807, 2.05) is 12.1 Å². The maximum absolute atomic E-state index is 13.0. The summed E-state index contributed by atoms with van der Waals surface area (Å²) in [5.74, 6) is -0.160. The number of benzene rings is 1. The van der Waals surface area contributed by atoms with Crippen LogP contribution in [-0.2, 0) is 0 Å². The third-order valence-electron chi connectivity index (χ3n) is 4.63. The first kappa shape index (κ1) is 16.4. The lowest BCUT2D eigenvalue weighted by Gasteiger charge is -2.33. The summed E-state index contributed by atoms with van der Waals surface area (Å²) in [6.45, 7) is 8.00. The number of likely N-dealkylation sites (tertiary alicyclic amines) is 1. The van der Waals surface area contributed by atoms with Crippen molar-refractivity contribution in [2.24, 2.45) is 0 Å². The molecule has 1 saturated heterocycles. The summed E-state index contributed by atoms with van der Waals surface area (Å²) < 4.78 is 13.0. The summed E-state index contributed by atoms with van der Waals surface area (Å²) in [4.78, 5) is 2.62. The molecular weight excluding hydrogens is 263 g/mol. The molecule has 2 nitrogen and oxygen atoms in total. The first-order chi connectivity index (χ1) is 10.2. The molecule has 2 rings (SSSR count). The lowest BCUT2D eigenvalue weighted by Crippen LogP contribution is -2.39. The van der Waals surface area contributed by atoms with Gasteiger partial charge in [-0.15, -0.1) is 0 Å². The number of halogens is 1. The Morgan fingerprint density at radius 3 is 2.71 bits per heavy atom. The zero-order chi connectivity index (χ0) is 15.1. The quantitative estimate of drug-likeness (QED) is 0.760. The molecule has 1 N–H and O–H groups in total. The van der Waals surface area contributed by atoms with Gasteiger partial charge in [-0.05, 0) is 69.9 Å². The highest BCUT2D eigenvalue weighted by atomic mass is 19.1. The number of nitrogens with zero attached hydrogens (tertiary/aromatic N) is 1.